The first-order chi connectivity index (χ1) is 7.27. The summed E-state index contributed by atoms with van der Waals surface area (Å²) in [6.45, 7) is 5.18. The summed E-state index contributed by atoms with van der Waals surface area (Å²) in [5.74, 6) is 0. The van der Waals surface area contributed by atoms with Crippen molar-refractivity contribution < 1.29 is 0 Å². The highest BCUT2D eigenvalue weighted by atomic mass is 28.3. The van der Waals surface area contributed by atoms with Crippen LogP contribution in [0, 0.1) is 0 Å². The van der Waals surface area contributed by atoms with Crippen LogP contribution in [0.4, 0.5) is 0 Å². The Labute approximate surface area is 96.9 Å². The van der Waals surface area contributed by atoms with E-state index in [1.54, 1.807) is 57.4 Å². The van der Waals surface area contributed by atoms with Gasteiger partial charge in [-0.05, 0) is 11.1 Å². The van der Waals surface area contributed by atoms with E-state index in [4.69, 9.17) is 0 Å². The molecule has 2 fully saturated rings. The van der Waals surface area contributed by atoms with Crippen LogP contribution in [-0.4, -0.2) is 8.07 Å². The van der Waals surface area contributed by atoms with Crippen LogP contribution in [0.15, 0.2) is 0 Å². The van der Waals surface area contributed by atoms with Gasteiger partial charge in [0.15, 0.2) is 0 Å². The topological polar surface area (TPSA) is 0 Å². The lowest BCUT2D eigenvalue weighted by molar-refractivity contribution is 0.730. The van der Waals surface area contributed by atoms with Crippen LogP contribution >= 0.6 is 0 Å². The standard InChI is InChI=1S/C14H28Si/c1-3-12-15(2,13-8-4-5-9-13)14-10-6-7-11-14/h13-14H,3-12H2,1-2H3. The van der Waals surface area contributed by atoms with Crippen molar-refractivity contribution in [2.45, 2.75) is 88.4 Å². The monoisotopic (exact) mass is 224 g/mol. The quantitative estimate of drug-likeness (QED) is 0.564. The summed E-state index contributed by atoms with van der Waals surface area (Å²) in [4.78, 5) is 0. The zero-order valence-corrected chi connectivity index (χ0v) is 11.7. The van der Waals surface area contributed by atoms with Gasteiger partial charge in [0.05, 0.1) is 8.07 Å². The van der Waals surface area contributed by atoms with Crippen LogP contribution in [0.3, 0.4) is 0 Å². The largest absolute Gasteiger partial charge is 0.0687 e. The molecular weight excluding hydrogens is 196 g/mol. The Balaban J connectivity index is 2.06. The molecule has 0 N–H and O–H groups in total. The van der Waals surface area contributed by atoms with E-state index in [1.165, 1.54) is 17.5 Å². The van der Waals surface area contributed by atoms with Gasteiger partial charge in [-0.2, -0.15) is 0 Å². The van der Waals surface area contributed by atoms with E-state index in [2.05, 4.69) is 13.5 Å². The Bertz CT molecular complexity index is 172. The molecule has 0 nitrogen and oxygen atoms in total. The van der Waals surface area contributed by atoms with Gasteiger partial charge in [0, 0.05) is 0 Å². The molecule has 0 spiro atoms. The van der Waals surface area contributed by atoms with E-state index >= 15 is 0 Å². The Morgan fingerprint density at radius 3 is 1.60 bits per heavy atom. The molecule has 88 valence electrons. The number of hydrogen-bond donors (Lipinski definition) is 0. The van der Waals surface area contributed by atoms with E-state index in [0.717, 1.165) is 0 Å². The first-order valence-corrected chi connectivity index (χ1v) is 10.1. The van der Waals surface area contributed by atoms with Gasteiger partial charge < -0.3 is 0 Å². The van der Waals surface area contributed by atoms with Gasteiger partial charge in [-0.25, -0.2) is 0 Å². The van der Waals surface area contributed by atoms with E-state index in [1.807, 2.05) is 0 Å². The van der Waals surface area contributed by atoms with Gasteiger partial charge in [-0.1, -0.05) is 77.3 Å². The lowest BCUT2D eigenvalue weighted by Crippen LogP contribution is -2.39. The molecule has 2 aliphatic rings. The first kappa shape index (κ1) is 11.7. The van der Waals surface area contributed by atoms with Crippen molar-refractivity contribution in [2.24, 2.45) is 0 Å². The summed E-state index contributed by atoms with van der Waals surface area (Å²) < 4.78 is 0. The highest BCUT2D eigenvalue weighted by Crippen LogP contribution is 2.51. The molecule has 0 saturated heterocycles. The van der Waals surface area contributed by atoms with Gasteiger partial charge in [-0.15, -0.1) is 0 Å². The highest BCUT2D eigenvalue weighted by molar-refractivity contribution is 6.81. The fourth-order valence-corrected chi connectivity index (χ4v) is 10.5. The van der Waals surface area contributed by atoms with Crippen molar-refractivity contribution in [1.29, 1.82) is 0 Å². The average molecular weight is 224 g/mol. The van der Waals surface area contributed by atoms with E-state index in [-0.39, 0.29) is 0 Å². The van der Waals surface area contributed by atoms with E-state index in [9.17, 15) is 0 Å². The van der Waals surface area contributed by atoms with Crippen LogP contribution in [-0.2, 0) is 0 Å². The summed E-state index contributed by atoms with van der Waals surface area (Å²) in [6.07, 6.45) is 14.0. The highest BCUT2D eigenvalue weighted by Gasteiger charge is 2.43. The molecule has 2 rings (SSSR count). The fourth-order valence-electron chi connectivity index (χ4n) is 4.45. The van der Waals surface area contributed by atoms with Crippen molar-refractivity contribution in [3.05, 3.63) is 0 Å². The summed E-state index contributed by atoms with van der Waals surface area (Å²) >= 11 is 0. The second-order valence-corrected chi connectivity index (χ2v) is 11.4. The summed E-state index contributed by atoms with van der Waals surface area (Å²) in [6, 6.07) is 1.63. The molecule has 0 bridgehead atoms. The molecule has 0 heterocycles. The third-order valence-corrected chi connectivity index (χ3v) is 11.8. The smallest absolute Gasteiger partial charge is 0.0566 e. The minimum absolute atomic E-state index is 0.883. The van der Waals surface area contributed by atoms with Crippen LogP contribution in [0.2, 0.25) is 23.7 Å². The number of rotatable bonds is 4. The second-order valence-electron chi connectivity index (χ2n) is 6.22. The second kappa shape index (κ2) is 5.03. The van der Waals surface area contributed by atoms with Crippen molar-refractivity contribution in [2.75, 3.05) is 0 Å². The third-order valence-electron chi connectivity index (χ3n) is 5.36. The maximum absolute atomic E-state index is 2.77. The van der Waals surface area contributed by atoms with E-state index in [0.29, 0.717) is 0 Å². The van der Waals surface area contributed by atoms with Crippen molar-refractivity contribution in [3.8, 4) is 0 Å². The Morgan fingerprint density at radius 1 is 0.867 bits per heavy atom. The molecular formula is C14H28Si. The molecule has 0 aromatic heterocycles. The first-order valence-electron chi connectivity index (χ1n) is 7.27. The summed E-state index contributed by atoms with van der Waals surface area (Å²) in [5.41, 5.74) is 2.42. The van der Waals surface area contributed by atoms with Crippen LogP contribution in [0.25, 0.3) is 0 Å². The number of hydrogen-bond acceptors (Lipinski definition) is 0. The molecule has 0 radical (unpaired) electrons. The zero-order chi connectivity index (χ0) is 10.7. The Hall–Kier alpha value is 0.217. The predicted molar refractivity (Wildman–Crippen MR) is 71.2 cm³/mol. The zero-order valence-electron chi connectivity index (χ0n) is 10.7. The maximum atomic E-state index is 2.77. The molecule has 2 aliphatic carbocycles. The molecule has 15 heavy (non-hydrogen) atoms. The van der Waals surface area contributed by atoms with Crippen molar-refractivity contribution in [1.82, 2.24) is 0 Å². The van der Waals surface area contributed by atoms with Crippen LogP contribution < -0.4 is 0 Å². The lowest BCUT2D eigenvalue weighted by Gasteiger charge is -2.39. The van der Waals surface area contributed by atoms with Crippen LogP contribution in [0.1, 0.15) is 64.7 Å². The normalized spacial score (nSPS) is 25.2. The molecule has 0 unspecified atom stereocenters. The van der Waals surface area contributed by atoms with E-state index < -0.39 is 8.07 Å². The predicted octanol–water partition coefficient (Wildman–Crippen LogP) is 5.36. The molecule has 0 atom stereocenters. The fraction of sp³-hybridized carbons (Fsp3) is 1.00. The molecule has 0 aromatic carbocycles. The molecule has 1 heteroatoms. The SMILES string of the molecule is CCC[Si](C)(C1CCCC1)C1CCCC1. The maximum Gasteiger partial charge on any atom is 0.0566 e. The van der Waals surface area contributed by atoms with Gasteiger partial charge >= 0.3 is 0 Å². The average Bonchev–Trinajstić information content (AvgIpc) is 2.92. The molecule has 0 aromatic rings. The summed E-state index contributed by atoms with van der Waals surface area (Å²) in [5, 5.41) is 0. The van der Waals surface area contributed by atoms with Gasteiger partial charge in [0.25, 0.3) is 0 Å². The molecule has 0 aliphatic heterocycles. The van der Waals surface area contributed by atoms with Gasteiger partial charge in [-0.3, -0.25) is 0 Å². The lowest BCUT2D eigenvalue weighted by atomic mass is 10.3. The summed E-state index contributed by atoms with van der Waals surface area (Å²) in [7, 11) is -0.883. The molecule has 2 saturated carbocycles. The minimum atomic E-state index is -0.883. The van der Waals surface area contributed by atoms with Gasteiger partial charge in [0.1, 0.15) is 0 Å². The third kappa shape index (κ3) is 2.32. The van der Waals surface area contributed by atoms with Crippen LogP contribution in [0.5, 0.6) is 0 Å². The van der Waals surface area contributed by atoms with Crippen molar-refractivity contribution in [3.63, 3.8) is 0 Å². The van der Waals surface area contributed by atoms with Gasteiger partial charge in [0.2, 0.25) is 0 Å². The Morgan fingerprint density at radius 2 is 1.27 bits per heavy atom. The Kier molecular flexibility index (Phi) is 3.92. The molecule has 0 amide bonds. The van der Waals surface area contributed by atoms with Crippen molar-refractivity contribution >= 4 is 8.07 Å². The minimum Gasteiger partial charge on any atom is -0.0687 e.